The van der Waals surface area contributed by atoms with E-state index < -0.39 is 27.8 Å². The number of carbonyl (C=O) groups is 3. The quantitative estimate of drug-likeness (QED) is 0.0707. The lowest BCUT2D eigenvalue weighted by molar-refractivity contribution is -0.394. The van der Waals surface area contributed by atoms with Crippen LogP contribution in [0.3, 0.4) is 0 Å². The zero-order chi connectivity index (χ0) is 35.9. The van der Waals surface area contributed by atoms with Crippen molar-refractivity contribution in [1.29, 1.82) is 0 Å². The molecule has 0 bridgehead atoms. The summed E-state index contributed by atoms with van der Waals surface area (Å²) in [6.07, 6.45) is 4.32. The van der Waals surface area contributed by atoms with Crippen molar-refractivity contribution in [1.82, 2.24) is 15.5 Å². The maximum Gasteiger partial charge on any atom is 0.326 e. The SMILES string of the molecule is CCC(C)C(CN(CC(=O)NC(CCSC)C(=O)O)Cc1cccc2ccccc12)NC(=O)CCCCc1ccc([N+](=O)[O-])cc1[N+](=O)[O-]. The number of aliphatic carboxylic acids is 1. The van der Waals surface area contributed by atoms with E-state index in [1.54, 1.807) is 0 Å². The van der Waals surface area contributed by atoms with E-state index in [1.807, 2.05) is 67.5 Å². The molecule has 3 aromatic rings. The summed E-state index contributed by atoms with van der Waals surface area (Å²) in [6, 6.07) is 16.2. The van der Waals surface area contributed by atoms with Gasteiger partial charge in [-0.25, -0.2) is 4.79 Å². The minimum Gasteiger partial charge on any atom is -0.480 e. The number of nitro benzene ring substituents is 2. The number of benzene rings is 3. The van der Waals surface area contributed by atoms with Gasteiger partial charge in [0.1, 0.15) is 6.04 Å². The molecule has 3 atom stereocenters. The number of nitro groups is 2. The van der Waals surface area contributed by atoms with Gasteiger partial charge < -0.3 is 15.7 Å². The number of nitrogens with zero attached hydrogens (tertiary/aromatic N) is 3. The van der Waals surface area contributed by atoms with Crippen molar-refractivity contribution in [3.63, 3.8) is 0 Å². The molecule has 49 heavy (non-hydrogen) atoms. The molecule has 13 nitrogen and oxygen atoms in total. The first-order chi connectivity index (χ1) is 23.4. The van der Waals surface area contributed by atoms with Crippen LogP contribution in [0.5, 0.6) is 0 Å². The average molecular weight is 696 g/mol. The Kier molecular flexibility index (Phi) is 15.4. The summed E-state index contributed by atoms with van der Waals surface area (Å²) in [6.45, 7) is 4.72. The molecule has 3 N–H and O–H groups in total. The number of hydrogen-bond donors (Lipinski definition) is 3. The van der Waals surface area contributed by atoms with Crippen LogP contribution in [0.4, 0.5) is 11.4 Å². The predicted octanol–water partition coefficient (Wildman–Crippen LogP) is 5.72. The Bertz CT molecular complexity index is 1610. The molecule has 0 aliphatic rings. The molecule has 0 radical (unpaired) electrons. The number of hydrogen-bond acceptors (Lipinski definition) is 9. The molecule has 0 heterocycles. The van der Waals surface area contributed by atoms with Crippen molar-refractivity contribution in [2.75, 3.05) is 25.1 Å². The number of unbranched alkanes of at least 4 members (excludes halogenated alkanes) is 1. The zero-order valence-corrected chi connectivity index (χ0v) is 28.9. The first kappa shape index (κ1) is 38.9. The number of amides is 2. The molecule has 0 fully saturated rings. The Morgan fingerprint density at radius 3 is 2.35 bits per heavy atom. The lowest BCUT2D eigenvalue weighted by atomic mass is 9.97. The number of thioether (sulfide) groups is 1. The fraction of sp³-hybridized carbons (Fsp3) is 0.457. The summed E-state index contributed by atoms with van der Waals surface area (Å²) in [7, 11) is 0. The van der Waals surface area contributed by atoms with E-state index in [4.69, 9.17) is 0 Å². The maximum absolute atomic E-state index is 13.3. The molecule has 0 saturated heterocycles. The molecule has 3 aromatic carbocycles. The Balaban J connectivity index is 1.72. The smallest absolute Gasteiger partial charge is 0.326 e. The number of carbonyl (C=O) groups excluding carboxylic acids is 2. The molecule has 264 valence electrons. The van der Waals surface area contributed by atoms with Crippen molar-refractivity contribution in [2.24, 2.45) is 5.92 Å². The van der Waals surface area contributed by atoms with Gasteiger partial charge in [-0.2, -0.15) is 11.8 Å². The number of carboxylic acids is 1. The van der Waals surface area contributed by atoms with Crippen molar-refractivity contribution in [2.45, 2.75) is 71.0 Å². The lowest BCUT2D eigenvalue weighted by Gasteiger charge is -2.31. The van der Waals surface area contributed by atoms with E-state index in [-0.39, 0.29) is 42.2 Å². The molecule has 0 spiro atoms. The maximum atomic E-state index is 13.3. The highest BCUT2D eigenvalue weighted by molar-refractivity contribution is 7.98. The van der Waals surface area contributed by atoms with Crippen LogP contribution in [0.1, 0.15) is 57.1 Å². The molecule has 0 aromatic heterocycles. The summed E-state index contributed by atoms with van der Waals surface area (Å²) in [5, 5.41) is 40.1. The highest BCUT2D eigenvalue weighted by atomic mass is 32.2. The van der Waals surface area contributed by atoms with Crippen LogP contribution in [0.2, 0.25) is 0 Å². The van der Waals surface area contributed by atoms with Crippen LogP contribution >= 0.6 is 11.8 Å². The third kappa shape index (κ3) is 12.1. The number of carboxylic acid groups (broad SMARTS) is 1. The number of non-ortho nitro benzene ring substituents is 1. The normalized spacial score (nSPS) is 13.1. The minimum absolute atomic E-state index is 0.0538. The van der Waals surface area contributed by atoms with E-state index in [9.17, 15) is 39.7 Å². The van der Waals surface area contributed by atoms with E-state index in [0.29, 0.717) is 50.1 Å². The highest BCUT2D eigenvalue weighted by Crippen LogP contribution is 2.26. The van der Waals surface area contributed by atoms with Gasteiger partial charge in [-0.05, 0) is 66.0 Å². The molecule has 2 amide bonds. The highest BCUT2D eigenvalue weighted by Gasteiger charge is 2.26. The van der Waals surface area contributed by atoms with E-state index in [0.717, 1.165) is 28.8 Å². The zero-order valence-electron chi connectivity index (χ0n) is 28.1. The van der Waals surface area contributed by atoms with Crippen LogP contribution in [0.15, 0.2) is 60.7 Å². The molecule has 14 heteroatoms. The molecular formula is C35H45N5O8S. The summed E-state index contributed by atoms with van der Waals surface area (Å²) in [4.78, 5) is 61.4. The van der Waals surface area contributed by atoms with Gasteiger partial charge in [-0.3, -0.25) is 34.7 Å². The predicted molar refractivity (Wildman–Crippen MR) is 190 cm³/mol. The molecule has 0 aliphatic heterocycles. The monoisotopic (exact) mass is 695 g/mol. The number of rotatable bonds is 21. The third-order valence-electron chi connectivity index (χ3n) is 8.59. The topological polar surface area (TPSA) is 185 Å². The van der Waals surface area contributed by atoms with Crippen LogP contribution in [0, 0.1) is 26.1 Å². The van der Waals surface area contributed by atoms with Gasteiger partial charge in [0.15, 0.2) is 0 Å². The summed E-state index contributed by atoms with van der Waals surface area (Å²) in [5.41, 5.74) is 0.701. The van der Waals surface area contributed by atoms with Crippen molar-refractivity contribution >= 4 is 51.7 Å². The Morgan fingerprint density at radius 2 is 1.67 bits per heavy atom. The minimum atomic E-state index is -1.09. The molecular weight excluding hydrogens is 650 g/mol. The Hall–Kier alpha value is -4.56. The van der Waals surface area contributed by atoms with Gasteiger partial charge >= 0.3 is 5.97 Å². The summed E-state index contributed by atoms with van der Waals surface area (Å²) >= 11 is 1.51. The van der Waals surface area contributed by atoms with Gasteiger partial charge in [0, 0.05) is 37.2 Å². The lowest BCUT2D eigenvalue weighted by Crippen LogP contribution is -2.50. The average Bonchev–Trinajstić information content (AvgIpc) is 3.07. The third-order valence-corrected chi connectivity index (χ3v) is 9.24. The number of aryl methyl sites for hydroxylation is 1. The molecule has 0 saturated carbocycles. The van der Waals surface area contributed by atoms with Crippen molar-refractivity contribution < 1.29 is 29.3 Å². The number of fused-ring (bicyclic) bond motifs is 1. The second-order valence-corrected chi connectivity index (χ2v) is 13.1. The van der Waals surface area contributed by atoms with Crippen molar-refractivity contribution in [3.8, 4) is 0 Å². The second kappa shape index (κ2) is 19.4. The fourth-order valence-corrected chi connectivity index (χ4v) is 6.12. The van der Waals surface area contributed by atoms with E-state index >= 15 is 0 Å². The second-order valence-electron chi connectivity index (χ2n) is 12.1. The fourth-order valence-electron chi connectivity index (χ4n) is 5.65. The van der Waals surface area contributed by atoms with Gasteiger partial charge in [-0.15, -0.1) is 0 Å². The largest absolute Gasteiger partial charge is 0.480 e. The van der Waals surface area contributed by atoms with Crippen LogP contribution in [0.25, 0.3) is 10.8 Å². The Morgan fingerprint density at radius 1 is 0.939 bits per heavy atom. The molecule has 0 aliphatic carbocycles. The van der Waals surface area contributed by atoms with Crippen LogP contribution < -0.4 is 10.6 Å². The van der Waals surface area contributed by atoms with Crippen LogP contribution in [-0.4, -0.2) is 74.8 Å². The van der Waals surface area contributed by atoms with E-state index in [2.05, 4.69) is 10.6 Å². The van der Waals surface area contributed by atoms with Gasteiger partial charge in [0.25, 0.3) is 11.4 Å². The molecule has 3 rings (SSSR count). The first-order valence-electron chi connectivity index (χ1n) is 16.3. The van der Waals surface area contributed by atoms with Crippen molar-refractivity contribution in [3.05, 3.63) is 92.0 Å². The summed E-state index contributed by atoms with van der Waals surface area (Å²) < 4.78 is 0. The first-order valence-corrected chi connectivity index (χ1v) is 17.7. The summed E-state index contributed by atoms with van der Waals surface area (Å²) in [5.74, 6) is -1.05. The van der Waals surface area contributed by atoms with Gasteiger partial charge in [0.2, 0.25) is 11.8 Å². The van der Waals surface area contributed by atoms with Crippen LogP contribution in [-0.2, 0) is 27.3 Å². The Labute approximate surface area is 290 Å². The van der Waals surface area contributed by atoms with E-state index in [1.165, 1.54) is 23.9 Å². The number of nitrogens with one attached hydrogen (secondary N) is 2. The molecule has 3 unspecified atom stereocenters. The standard InChI is InChI=1S/C35H45N5O8S/c1-4-24(2)31(37-33(41)15-8-6-11-26-16-17-28(39(45)46)20-32(26)40(47)48)22-38(23-34(42)36-30(35(43)44)18-19-49-3)21-27-13-9-12-25-10-5-7-14-29(25)27/h5,7,9-10,12-14,16-17,20,24,30-31H,4,6,8,11,15,18-19,21-23H2,1-3H3,(H,36,42)(H,37,41)(H,43,44). The van der Waals surface area contributed by atoms with Gasteiger partial charge in [0.05, 0.1) is 22.5 Å². The van der Waals surface area contributed by atoms with Gasteiger partial charge in [-0.1, -0.05) is 62.7 Å².